The fourth-order valence-corrected chi connectivity index (χ4v) is 2.20. The number of benzene rings is 1. The number of carbonyl (C=O) groups is 1. The van der Waals surface area contributed by atoms with Crippen LogP contribution in [0.15, 0.2) is 24.3 Å². The zero-order valence-electron chi connectivity index (χ0n) is 10.5. The predicted molar refractivity (Wildman–Crippen MR) is 68.3 cm³/mol. The minimum absolute atomic E-state index is 0.0437. The number of halogens is 1. The van der Waals surface area contributed by atoms with Crippen molar-refractivity contribution in [2.45, 2.75) is 38.3 Å². The second kappa shape index (κ2) is 5.48. The maximum atomic E-state index is 12.9. The number of nitrogens with two attached hydrogens (primary N) is 1. The molecule has 3 nitrogen and oxygen atoms in total. The molecule has 1 aromatic rings. The summed E-state index contributed by atoms with van der Waals surface area (Å²) in [7, 11) is 0. The van der Waals surface area contributed by atoms with Crippen LogP contribution >= 0.6 is 0 Å². The van der Waals surface area contributed by atoms with Gasteiger partial charge in [-0.25, -0.2) is 4.39 Å². The summed E-state index contributed by atoms with van der Waals surface area (Å²) in [6, 6.07) is 5.77. The average molecular weight is 250 g/mol. The fourth-order valence-electron chi connectivity index (χ4n) is 2.20. The standard InChI is InChI=1S/C14H19FN2O/c1-9(16)14(18)17-13(10-3-2-4-10)11-5-7-12(15)8-6-11/h5-10,13H,2-4,16H2,1H3,(H,17,18)/t9-,13?/m0/s1. The van der Waals surface area contributed by atoms with Crippen LogP contribution in [0.2, 0.25) is 0 Å². The highest BCUT2D eigenvalue weighted by molar-refractivity contribution is 5.81. The lowest BCUT2D eigenvalue weighted by molar-refractivity contribution is -0.123. The van der Waals surface area contributed by atoms with Gasteiger partial charge in [0.15, 0.2) is 0 Å². The molecule has 2 rings (SSSR count). The Bertz CT molecular complexity index is 412. The third-order valence-corrected chi connectivity index (χ3v) is 3.56. The second-order valence-electron chi connectivity index (χ2n) is 5.02. The molecular formula is C14H19FN2O. The summed E-state index contributed by atoms with van der Waals surface area (Å²) in [6.07, 6.45) is 3.39. The van der Waals surface area contributed by atoms with Gasteiger partial charge in [-0.2, -0.15) is 0 Å². The first-order chi connectivity index (χ1) is 8.58. The first-order valence-electron chi connectivity index (χ1n) is 6.39. The van der Waals surface area contributed by atoms with E-state index >= 15 is 0 Å². The molecule has 1 saturated carbocycles. The lowest BCUT2D eigenvalue weighted by Gasteiger charge is -2.35. The molecule has 1 aliphatic carbocycles. The molecule has 1 unspecified atom stereocenters. The molecule has 0 bridgehead atoms. The van der Waals surface area contributed by atoms with Crippen molar-refractivity contribution in [3.05, 3.63) is 35.6 Å². The van der Waals surface area contributed by atoms with Crippen molar-refractivity contribution in [2.24, 2.45) is 11.7 Å². The Balaban J connectivity index is 2.14. The topological polar surface area (TPSA) is 55.1 Å². The first-order valence-corrected chi connectivity index (χ1v) is 6.39. The lowest BCUT2D eigenvalue weighted by atomic mass is 9.77. The number of nitrogens with one attached hydrogen (secondary N) is 1. The number of rotatable bonds is 4. The minimum Gasteiger partial charge on any atom is -0.348 e. The molecular weight excluding hydrogens is 231 g/mol. The molecule has 4 heteroatoms. The van der Waals surface area contributed by atoms with E-state index in [1.807, 2.05) is 0 Å². The van der Waals surface area contributed by atoms with E-state index in [1.54, 1.807) is 19.1 Å². The van der Waals surface area contributed by atoms with E-state index in [4.69, 9.17) is 5.73 Å². The normalized spacial score (nSPS) is 18.8. The molecule has 0 radical (unpaired) electrons. The number of hydrogen-bond donors (Lipinski definition) is 2. The van der Waals surface area contributed by atoms with Crippen LogP contribution in [0.5, 0.6) is 0 Å². The van der Waals surface area contributed by atoms with Crippen molar-refractivity contribution >= 4 is 5.91 Å². The Hall–Kier alpha value is -1.42. The average Bonchev–Trinajstić information content (AvgIpc) is 2.26. The molecule has 98 valence electrons. The van der Waals surface area contributed by atoms with Crippen LogP contribution in [0, 0.1) is 11.7 Å². The summed E-state index contributed by atoms with van der Waals surface area (Å²) in [5.41, 5.74) is 6.53. The van der Waals surface area contributed by atoms with Crippen molar-refractivity contribution in [2.75, 3.05) is 0 Å². The molecule has 0 aliphatic heterocycles. The number of amides is 1. The SMILES string of the molecule is C[C@H](N)C(=O)NC(c1ccc(F)cc1)C1CCC1. The zero-order chi connectivity index (χ0) is 13.1. The lowest BCUT2D eigenvalue weighted by Crippen LogP contribution is -2.43. The molecule has 1 aliphatic rings. The highest BCUT2D eigenvalue weighted by atomic mass is 19.1. The smallest absolute Gasteiger partial charge is 0.237 e. The Morgan fingerprint density at radius 2 is 2.00 bits per heavy atom. The highest BCUT2D eigenvalue weighted by Gasteiger charge is 2.30. The van der Waals surface area contributed by atoms with Gasteiger partial charge in [0.25, 0.3) is 0 Å². The summed E-state index contributed by atoms with van der Waals surface area (Å²) >= 11 is 0. The fraction of sp³-hybridized carbons (Fsp3) is 0.500. The molecule has 1 amide bonds. The second-order valence-corrected chi connectivity index (χ2v) is 5.02. The van der Waals surface area contributed by atoms with E-state index in [0.29, 0.717) is 5.92 Å². The molecule has 18 heavy (non-hydrogen) atoms. The van der Waals surface area contributed by atoms with Gasteiger partial charge in [-0.1, -0.05) is 18.6 Å². The summed E-state index contributed by atoms with van der Waals surface area (Å²) < 4.78 is 12.9. The van der Waals surface area contributed by atoms with Crippen molar-refractivity contribution in [1.82, 2.24) is 5.32 Å². The minimum atomic E-state index is -0.520. The van der Waals surface area contributed by atoms with Gasteiger partial charge in [-0.15, -0.1) is 0 Å². The van der Waals surface area contributed by atoms with Crippen LogP contribution in [-0.2, 0) is 4.79 Å². The summed E-state index contributed by atoms with van der Waals surface area (Å²) in [6.45, 7) is 1.66. The summed E-state index contributed by atoms with van der Waals surface area (Å²) in [4.78, 5) is 11.7. The van der Waals surface area contributed by atoms with Gasteiger partial charge >= 0.3 is 0 Å². The van der Waals surface area contributed by atoms with Crippen LogP contribution < -0.4 is 11.1 Å². The Labute approximate surface area is 107 Å². The number of hydrogen-bond acceptors (Lipinski definition) is 2. The maximum Gasteiger partial charge on any atom is 0.237 e. The quantitative estimate of drug-likeness (QED) is 0.860. The zero-order valence-corrected chi connectivity index (χ0v) is 10.5. The highest BCUT2D eigenvalue weighted by Crippen LogP contribution is 2.37. The molecule has 0 spiro atoms. The van der Waals surface area contributed by atoms with Gasteiger partial charge in [-0.3, -0.25) is 4.79 Å². The molecule has 0 aromatic heterocycles. The monoisotopic (exact) mass is 250 g/mol. The van der Waals surface area contributed by atoms with E-state index < -0.39 is 6.04 Å². The third-order valence-electron chi connectivity index (χ3n) is 3.56. The van der Waals surface area contributed by atoms with Crippen LogP contribution in [0.4, 0.5) is 4.39 Å². The van der Waals surface area contributed by atoms with Gasteiger partial charge < -0.3 is 11.1 Å². The maximum absolute atomic E-state index is 12.9. The van der Waals surface area contributed by atoms with E-state index in [2.05, 4.69) is 5.32 Å². The van der Waals surface area contributed by atoms with Crippen LogP contribution in [-0.4, -0.2) is 11.9 Å². The van der Waals surface area contributed by atoms with Crippen molar-refractivity contribution < 1.29 is 9.18 Å². The molecule has 0 saturated heterocycles. The summed E-state index contributed by atoms with van der Waals surface area (Å²) in [5, 5.41) is 2.97. The molecule has 2 atom stereocenters. The van der Waals surface area contributed by atoms with Crippen LogP contribution in [0.3, 0.4) is 0 Å². The molecule has 3 N–H and O–H groups in total. The van der Waals surface area contributed by atoms with Crippen LogP contribution in [0.25, 0.3) is 0 Å². The Morgan fingerprint density at radius 1 is 1.39 bits per heavy atom. The Morgan fingerprint density at radius 3 is 2.44 bits per heavy atom. The van der Waals surface area contributed by atoms with Gasteiger partial charge in [0.05, 0.1) is 12.1 Å². The van der Waals surface area contributed by atoms with E-state index in [1.165, 1.54) is 18.6 Å². The Kier molecular flexibility index (Phi) is 3.97. The predicted octanol–water partition coefficient (Wildman–Crippen LogP) is 2.13. The van der Waals surface area contributed by atoms with Gasteiger partial charge in [-0.05, 0) is 43.4 Å². The van der Waals surface area contributed by atoms with E-state index in [9.17, 15) is 9.18 Å². The van der Waals surface area contributed by atoms with Crippen molar-refractivity contribution in [3.8, 4) is 0 Å². The number of carbonyl (C=O) groups excluding carboxylic acids is 1. The largest absolute Gasteiger partial charge is 0.348 e. The molecule has 1 fully saturated rings. The van der Waals surface area contributed by atoms with Gasteiger partial charge in [0.2, 0.25) is 5.91 Å². The molecule has 0 heterocycles. The third kappa shape index (κ3) is 2.88. The van der Waals surface area contributed by atoms with Gasteiger partial charge in [0.1, 0.15) is 5.82 Å². The van der Waals surface area contributed by atoms with Crippen molar-refractivity contribution in [3.63, 3.8) is 0 Å². The first kappa shape index (κ1) is 13.0. The summed E-state index contributed by atoms with van der Waals surface area (Å²) in [5.74, 6) is 0.0269. The van der Waals surface area contributed by atoms with E-state index in [-0.39, 0.29) is 17.8 Å². The van der Waals surface area contributed by atoms with Gasteiger partial charge in [0, 0.05) is 0 Å². The van der Waals surface area contributed by atoms with E-state index in [0.717, 1.165) is 18.4 Å². The van der Waals surface area contributed by atoms with Crippen LogP contribution in [0.1, 0.15) is 37.8 Å². The molecule has 1 aromatic carbocycles. The van der Waals surface area contributed by atoms with Crippen molar-refractivity contribution in [1.29, 1.82) is 0 Å².